The van der Waals surface area contributed by atoms with Crippen molar-refractivity contribution in [3.8, 4) is 0 Å². The quantitative estimate of drug-likeness (QED) is 0.164. The van der Waals surface area contributed by atoms with Crippen LogP contribution in [0.4, 0.5) is 4.79 Å². The van der Waals surface area contributed by atoms with E-state index in [0.717, 1.165) is 6.42 Å². The summed E-state index contributed by atoms with van der Waals surface area (Å²) < 4.78 is 25.7. The molecule has 0 bridgehead atoms. The summed E-state index contributed by atoms with van der Waals surface area (Å²) in [7, 11) is 0. The maximum Gasteiger partial charge on any atom is 0.437 e. The zero-order valence-electron chi connectivity index (χ0n) is 15.1. The molecule has 1 N–H and O–H groups in total. The van der Waals surface area contributed by atoms with Crippen molar-refractivity contribution in [3.05, 3.63) is 0 Å². The van der Waals surface area contributed by atoms with Gasteiger partial charge in [-0.25, -0.2) is 4.79 Å². The van der Waals surface area contributed by atoms with Crippen molar-refractivity contribution in [2.24, 2.45) is 10.6 Å². The Morgan fingerprint density at radius 2 is 2.12 bits per heavy atom. The molecule has 8 nitrogen and oxygen atoms in total. The fourth-order valence-electron chi connectivity index (χ4n) is 1.62. The molecular weight excluding hydrogens is 405 g/mol. The molecule has 1 aliphatic heterocycles. The van der Waals surface area contributed by atoms with Gasteiger partial charge in [0.1, 0.15) is 5.04 Å². The maximum absolute atomic E-state index is 12.6. The lowest BCUT2D eigenvalue weighted by molar-refractivity contribution is 0.0498. The topological polar surface area (TPSA) is 95.5 Å². The molecule has 1 unspecified atom stereocenters. The van der Waals surface area contributed by atoms with Crippen LogP contribution in [0.1, 0.15) is 34.1 Å². The van der Waals surface area contributed by atoms with Crippen molar-refractivity contribution in [1.82, 2.24) is 9.39 Å². The summed E-state index contributed by atoms with van der Waals surface area (Å²) in [6.07, 6.45) is 1.76. The fourth-order valence-corrected chi connectivity index (χ4v) is 6.89. The summed E-state index contributed by atoms with van der Waals surface area (Å²) >= 11 is 5.29. The van der Waals surface area contributed by atoms with Crippen molar-refractivity contribution in [2.75, 3.05) is 31.9 Å². The van der Waals surface area contributed by atoms with Gasteiger partial charge in [0.25, 0.3) is 0 Å². The largest absolute Gasteiger partial charge is 0.596 e. The lowest BCUT2D eigenvalue weighted by Gasteiger charge is -2.40. The Kier molecular flexibility index (Phi) is 9.69. The first kappa shape index (κ1) is 23.2. The van der Waals surface area contributed by atoms with E-state index in [1.54, 1.807) is 6.92 Å². The minimum Gasteiger partial charge on any atom is -0.596 e. The van der Waals surface area contributed by atoms with E-state index in [0.29, 0.717) is 24.8 Å². The van der Waals surface area contributed by atoms with Crippen molar-refractivity contribution in [3.63, 3.8) is 0 Å². The highest BCUT2D eigenvalue weighted by Gasteiger charge is 2.43. The van der Waals surface area contributed by atoms with Gasteiger partial charge in [0, 0.05) is 5.41 Å². The molecule has 146 valence electrons. The number of rotatable bonds is 7. The Balaban J connectivity index is 2.63. The van der Waals surface area contributed by atoms with E-state index in [1.165, 1.54) is 15.8 Å². The molecule has 0 spiro atoms. The molecule has 0 aromatic rings. The van der Waals surface area contributed by atoms with Crippen LogP contribution in [0.5, 0.6) is 0 Å². The molecule has 0 aromatic heterocycles. The Hall–Kier alpha value is 0.130. The van der Waals surface area contributed by atoms with Gasteiger partial charge in [0.05, 0.1) is 31.1 Å². The Bertz CT molecular complexity index is 521. The van der Waals surface area contributed by atoms with Crippen molar-refractivity contribution < 1.29 is 23.2 Å². The van der Waals surface area contributed by atoms with Crippen molar-refractivity contribution in [2.45, 2.75) is 34.1 Å². The first-order chi connectivity index (χ1) is 11.6. The lowest BCUT2D eigenvalue weighted by atomic mass is 9.97. The molecule has 0 aromatic carbocycles. The highest BCUT2D eigenvalue weighted by atomic mass is 32.5. The SMILES string of the molecule is CCCN([S+]([O-])CNC(=O)ON=C(C)SC)P1(=S)OCC(C)(C)CO1. The van der Waals surface area contributed by atoms with E-state index in [2.05, 4.69) is 15.3 Å². The van der Waals surface area contributed by atoms with E-state index < -0.39 is 24.1 Å². The zero-order chi connectivity index (χ0) is 19.1. The van der Waals surface area contributed by atoms with Gasteiger partial charge in [-0.15, -0.1) is 11.8 Å². The molecule has 1 aliphatic rings. The average Bonchev–Trinajstić information content (AvgIpc) is 2.58. The van der Waals surface area contributed by atoms with Gasteiger partial charge in [-0.05, 0) is 35.5 Å². The first-order valence-electron chi connectivity index (χ1n) is 7.72. The monoisotopic (exact) mass is 431 g/mol. The number of thioether (sulfide) groups is 1. The summed E-state index contributed by atoms with van der Waals surface area (Å²) in [5.41, 5.74) is -0.128. The average molecular weight is 432 g/mol. The van der Waals surface area contributed by atoms with Crippen LogP contribution in [0.2, 0.25) is 0 Å². The Labute approximate surface area is 161 Å². The van der Waals surface area contributed by atoms with Gasteiger partial charge in [-0.1, -0.05) is 25.9 Å². The van der Waals surface area contributed by atoms with Crippen LogP contribution in [0.25, 0.3) is 0 Å². The standard InChI is InChI=1S/C13H26N3O5PS3/c1-6-7-16(22(23)19-8-13(3,4)9-20-22)25(18)10-14-12(17)21-15-11(2)24-5/h6-10H2,1-5H3,(H,14,17). The minimum atomic E-state index is -2.83. The van der Waals surface area contributed by atoms with Crippen LogP contribution in [0.15, 0.2) is 5.16 Å². The summed E-state index contributed by atoms with van der Waals surface area (Å²) in [5, 5.41) is 6.63. The molecule has 25 heavy (non-hydrogen) atoms. The third-order valence-corrected chi connectivity index (χ3v) is 9.14. The first-order valence-corrected chi connectivity index (χ1v) is 12.8. The molecule has 1 amide bonds. The number of carbonyl (C=O) groups excluding carboxylic acids is 1. The zero-order valence-corrected chi connectivity index (χ0v) is 18.5. The third kappa shape index (κ3) is 7.72. The van der Waals surface area contributed by atoms with Crippen LogP contribution < -0.4 is 5.32 Å². The van der Waals surface area contributed by atoms with Gasteiger partial charge in [-0.2, -0.15) is 0 Å². The number of hydrogen-bond acceptors (Lipinski definition) is 8. The molecule has 1 fully saturated rings. The Morgan fingerprint density at radius 1 is 1.52 bits per heavy atom. The second kappa shape index (κ2) is 10.5. The number of amides is 1. The number of nitrogens with zero attached hydrogens (tertiary/aromatic N) is 2. The van der Waals surface area contributed by atoms with Crippen molar-refractivity contribution in [1.29, 1.82) is 0 Å². The molecule has 0 radical (unpaired) electrons. The van der Waals surface area contributed by atoms with Crippen LogP contribution in [-0.4, -0.2) is 51.7 Å². The fraction of sp³-hybridized carbons (Fsp3) is 0.846. The molecule has 0 saturated carbocycles. The van der Waals surface area contributed by atoms with Crippen LogP contribution in [0, 0.1) is 5.41 Å². The minimum absolute atomic E-state index is 0.128. The Morgan fingerprint density at radius 3 is 2.64 bits per heavy atom. The predicted molar refractivity (Wildman–Crippen MR) is 106 cm³/mol. The normalized spacial score (nSPS) is 21.0. The molecular formula is C13H26N3O5PS3. The molecule has 1 atom stereocenters. The summed E-state index contributed by atoms with van der Waals surface area (Å²) in [4.78, 5) is 16.3. The summed E-state index contributed by atoms with van der Waals surface area (Å²) in [5.74, 6) is -0.152. The predicted octanol–water partition coefficient (Wildman–Crippen LogP) is 3.04. The number of oxime groups is 1. The van der Waals surface area contributed by atoms with E-state index in [9.17, 15) is 9.35 Å². The number of hydrogen-bond donors (Lipinski definition) is 1. The third-order valence-electron chi connectivity index (χ3n) is 3.05. The van der Waals surface area contributed by atoms with Crippen LogP contribution >= 0.6 is 18.4 Å². The molecule has 1 saturated heterocycles. The van der Waals surface area contributed by atoms with Gasteiger partial charge in [0.2, 0.25) is 5.88 Å². The van der Waals surface area contributed by atoms with Gasteiger partial charge < -0.3 is 13.6 Å². The van der Waals surface area contributed by atoms with Gasteiger partial charge >= 0.3 is 12.7 Å². The van der Waals surface area contributed by atoms with E-state index in [-0.39, 0.29) is 11.3 Å². The second-order valence-corrected chi connectivity index (χ2v) is 12.1. The number of nitrogens with one attached hydrogen (secondary N) is 1. The highest BCUT2D eigenvalue weighted by Crippen LogP contribution is 2.58. The number of carbonyl (C=O) groups is 1. The van der Waals surface area contributed by atoms with E-state index >= 15 is 0 Å². The summed E-state index contributed by atoms with van der Waals surface area (Å²) in [6, 6.07) is 0. The smallest absolute Gasteiger partial charge is 0.437 e. The molecule has 1 rings (SSSR count). The summed E-state index contributed by atoms with van der Waals surface area (Å²) in [6.45, 7) is 6.20. The van der Waals surface area contributed by atoms with Crippen molar-refractivity contribution >= 4 is 52.7 Å². The molecule has 0 aliphatic carbocycles. The van der Waals surface area contributed by atoms with Gasteiger partial charge in [-0.3, -0.25) is 10.2 Å². The maximum atomic E-state index is 12.6. The van der Waals surface area contributed by atoms with Crippen LogP contribution in [0.3, 0.4) is 0 Å². The molecule has 12 heteroatoms. The van der Waals surface area contributed by atoms with E-state index in [4.69, 9.17) is 20.9 Å². The highest BCUT2D eigenvalue weighted by molar-refractivity contribution is 8.13. The van der Waals surface area contributed by atoms with E-state index in [1.807, 2.05) is 27.0 Å². The molecule has 1 heterocycles. The lowest BCUT2D eigenvalue weighted by Crippen LogP contribution is -2.42. The van der Waals surface area contributed by atoms with Gasteiger partial charge in [0.15, 0.2) is 0 Å². The second-order valence-electron chi connectivity index (χ2n) is 6.09. The van der Waals surface area contributed by atoms with Crippen LogP contribution in [-0.2, 0) is 37.1 Å².